The molecule has 0 saturated heterocycles. The number of pyridine rings is 1. The highest BCUT2D eigenvalue weighted by Crippen LogP contribution is 2.20. The van der Waals surface area contributed by atoms with E-state index in [1.807, 2.05) is 39.0 Å². The van der Waals surface area contributed by atoms with E-state index in [1.165, 1.54) is 18.4 Å². The molecule has 1 aliphatic rings. The molecule has 0 unspecified atom stereocenters. The number of thioether (sulfide) groups is 1. The minimum atomic E-state index is -0.308. The molecule has 2 atom stereocenters. The quantitative estimate of drug-likeness (QED) is 0.317. The van der Waals surface area contributed by atoms with E-state index in [4.69, 9.17) is 4.74 Å². The van der Waals surface area contributed by atoms with Crippen molar-refractivity contribution in [1.82, 2.24) is 20.9 Å². The van der Waals surface area contributed by atoms with Gasteiger partial charge in [-0.15, -0.1) is 0 Å². The standard InChI is InChI=1S/C29H42N4O2S/c1-22(35-29(2,3)4)32-26(17-23-11-6-5-7-12-23)20-36-21-27(33-25-14-8-9-15-25)28(34)31-19-24-13-10-16-30-18-24/h5-7,10-13,16,18,25-27,32-33H,1,8-9,14-15,17,19-21H2,2-4H3,(H,31,34)/t26-,27-/m0/s1. The molecular formula is C29H42N4O2S. The molecule has 7 heteroatoms. The lowest BCUT2D eigenvalue weighted by molar-refractivity contribution is -0.123. The lowest BCUT2D eigenvalue weighted by Gasteiger charge is -2.28. The topological polar surface area (TPSA) is 75.3 Å². The second kappa shape index (κ2) is 14.3. The number of hydrogen-bond acceptors (Lipinski definition) is 6. The Bertz CT molecular complexity index is 927. The number of carbonyl (C=O) groups is 1. The Kier molecular flexibility index (Phi) is 11.1. The third kappa shape index (κ3) is 10.6. The van der Waals surface area contributed by atoms with Crippen LogP contribution in [-0.4, -0.2) is 46.1 Å². The Morgan fingerprint density at radius 1 is 1.11 bits per heavy atom. The van der Waals surface area contributed by atoms with Crippen LogP contribution >= 0.6 is 11.8 Å². The van der Waals surface area contributed by atoms with Crippen molar-refractivity contribution in [1.29, 1.82) is 0 Å². The smallest absolute Gasteiger partial charge is 0.238 e. The highest BCUT2D eigenvalue weighted by atomic mass is 32.2. The Morgan fingerprint density at radius 3 is 2.50 bits per heavy atom. The van der Waals surface area contributed by atoms with Gasteiger partial charge in [0.05, 0.1) is 6.04 Å². The number of aromatic nitrogens is 1. The van der Waals surface area contributed by atoms with Gasteiger partial charge in [-0.25, -0.2) is 0 Å². The molecule has 0 spiro atoms. The second-order valence-corrected chi connectivity index (χ2v) is 11.6. The number of benzene rings is 1. The maximum atomic E-state index is 13.1. The van der Waals surface area contributed by atoms with E-state index in [0.717, 1.165) is 30.6 Å². The number of nitrogens with one attached hydrogen (secondary N) is 3. The van der Waals surface area contributed by atoms with E-state index in [1.54, 1.807) is 24.2 Å². The van der Waals surface area contributed by atoms with Gasteiger partial charge >= 0.3 is 0 Å². The van der Waals surface area contributed by atoms with E-state index in [-0.39, 0.29) is 23.6 Å². The number of amides is 1. The van der Waals surface area contributed by atoms with Crippen LogP contribution < -0.4 is 16.0 Å². The van der Waals surface area contributed by atoms with Crippen LogP contribution in [0.4, 0.5) is 0 Å². The summed E-state index contributed by atoms with van der Waals surface area (Å²) in [6.45, 7) is 10.6. The summed E-state index contributed by atoms with van der Waals surface area (Å²) in [5, 5.41) is 10.2. The molecule has 1 saturated carbocycles. The summed E-state index contributed by atoms with van der Waals surface area (Å²) in [6, 6.07) is 14.6. The molecule has 3 N–H and O–H groups in total. The monoisotopic (exact) mass is 510 g/mol. The Labute approximate surface area is 221 Å². The third-order valence-electron chi connectivity index (χ3n) is 6.02. The van der Waals surface area contributed by atoms with Crippen LogP contribution in [0.1, 0.15) is 57.6 Å². The highest BCUT2D eigenvalue weighted by Gasteiger charge is 2.25. The molecule has 3 rings (SSSR count). The fraction of sp³-hybridized carbons (Fsp3) is 0.517. The van der Waals surface area contributed by atoms with Gasteiger partial charge in [-0.1, -0.05) is 49.2 Å². The molecule has 1 fully saturated rings. The fourth-order valence-electron chi connectivity index (χ4n) is 4.40. The van der Waals surface area contributed by atoms with Crippen molar-refractivity contribution in [3.05, 3.63) is 78.4 Å². The summed E-state index contributed by atoms with van der Waals surface area (Å²) < 4.78 is 5.94. The number of ether oxygens (including phenoxy) is 1. The molecule has 1 aliphatic carbocycles. The molecule has 0 aliphatic heterocycles. The normalized spacial score (nSPS) is 15.8. The molecule has 1 amide bonds. The highest BCUT2D eigenvalue weighted by molar-refractivity contribution is 7.99. The summed E-state index contributed by atoms with van der Waals surface area (Å²) in [5.41, 5.74) is 1.95. The number of nitrogens with zero attached hydrogens (tertiary/aromatic N) is 1. The van der Waals surface area contributed by atoms with Crippen molar-refractivity contribution in [3.63, 3.8) is 0 Å². The van der Waals surface area contributed by atoms with Crippen LogP contribution in [0, 0.1) is 0 Å². The molecule has 1 heterocycles. The van der Waals surface area contributed by atoms with Gasteiger partial charge in [0.2, 0.25) is 5.91 Å². The van der Waals surface area contributed by atoms with Crippen LogP contribution in [-0.2, 0) is 22.5 Å². The maximum Gasteiger partial charge on any atom is 0.238 e. The molecule has 36 heavy (non-hydrogen) atoms. The van der Waals surface area contributed by atoms with Gasteiger partial charge in [-0.2, -0.15) is 11.8 Å². The predicted octanol–water partition coefficient (Wildman–Crippen LogP) is 4.82. The zero-order chi connectivity index (χ0) is 25.8. The molecular weight excluding hydrogens is 468 g/mol. The van der Waals surface area contributed by atoms with E-state index < -0.39 is 0 Å². The van der Waals surface area contributed by atoms with Crippen molar-refractivity contribution in [3.8, 4) is 0 Å². The molecule has 0 radical (unpaired) electrons. The summed E-state index contributed by atoms with van der Waals surface area (Å²) in [7, 11) is 0. The zero-order valence-electron chi connectivity index (χ0n) is 22.0. The van der Waals surface area contributed by atoms with Gasteiger partial charge in [0.15, 0.2) is 5.88 Å². The van der Waals surface area contributed by atoms with Crippen LogP contribution in [0.15, 0.2) is 67.3 Å². The number of carbonyl (C=O) groups excluding carboxylic acids is 1. The minimum Gasteiger partial charge on any atom is -0.474 e. The van der Waals surface area contributed by atoms with Gasteiger partial charge in [0, 0.05) is 42.5 Å². The average Bonchev–Trinajstić information content (AvgIpc) is 3.35. The summed E-state index contributed by atoms with van der Waals surface area (Å²) in [6.07, 6.45) is 9.13. The van der Waals surface area contributed by atoms with Crippen molar-refractivity contribution in [2.75, 3.05) is 11.5 Å². The van der Waals surface area contributed by atoms with Crippen LogP contribution in [0.5, 0.6) is 0 Å². The number of rotatable bonds is 14. The zero-order valence-corrected chi connectivity index (χ0v) is 22.8. The Morgan fingerprint density at radius 2 is 1.83 bits per heavy atom. The third-order valence-corrected chi connectivity index (χ3v) is 7.23. The first kappa shape index (κ1) is 28.1. The lowest BCUT2D eigenvalue weighted by Crippen LogP contribution is -2.49. The van der Waals surface area contributed by atoms with Crippen molar-refractivity contribution in [2.24, 2.45) is 0 Å². The first-order valence-corrected chi connectivity index (χ1v) is 14.1. The van der Waals surface area contributed by atoms with Crippen LogP contribution in [0.3, 0.4) is 0 Å². The summed E-state index contributed by atoms with van der Waals surface area (Å²) >= 11 is 1.79. The maximum absolute atomic E-state index is 13.1. The average molecular weight is 511 g/mol. The molecule has 196 valence electrons. The largest absolute Gasteiger partial charge is 0.474 e. The van der Waals surface area contributed by atoms with Gasteiger partial charge < -0.3 is 20.7 Å². The van der Waals surface area contributed by atoms with Gasteiger partial charge in [0.1, 0.15) is 5.60 Å². The van der Waals surface area contributed by atoms with Crippen molar-refractivity contribution < 1.29 is 9.53 Å². The molecule has 1 aromatic carbocycles. The van der Waals surface area contributed by atoms with E-state index in [0.29, 0.717) is 24.2 Å². The van der Waals surface area contributed by atoms with Gasteiger partial charge in [-0.3, -0.25) is 9.78 Å². The molecule has 0 bridgehead atoms. The molecule has 6 nitrogen and oxygen atoms in total. The Balaban J connectivity index is 1.58. The van der Waals surface area contributed by atoms with Crippen LogP contribution in [0.2, 0.25) is 0 Å². The van der Waals surface area contributed by atoms with Crippen LogP contribution in [0.25, 0.3) is 0 Å². The first-order valence-electron chi connectivity index (χ1n) is 13.0. The van der Waals surface area contributed by atoms with Crippen molar-refractivity contribution in [2.45, 2.75) is 83.1 Å². The van der Waals surface area contributed by atoms with E-state index in [2.05, 4.69) is 51.8 Å². The molecule has 2 aromatic rings. The fourth-order valence-corrected chi connectivity index (χ4v) is 5.50. The minimum absolute atomic E-state index is 0.0475. The van der Waals surface area contributed by atoms with Gasteiger partial charge in [-0.05, 0) is 63.8 Å². The molecule has 1 aromatic heterocycles. The van der Waals surface area contributed by atoms with E-state index >= 15 is 0 Å². The van der Waals surface area contributed by atoms with E-state index in [9.17, 15) is 4.79 Å². The predicted molar refractivity (Wildman–Crippen MR) is 150 cm³/mol. The SMILES string of the molecule is C=C(N[C@H](CSC[C@H](NC1CCCC1)C(=O)NCc1cccnc1)Cc1ccccc1)OC(C)(C)C. The lowest BCUT2D eigenvalue weighted by atomic mass is 10.1. The first-order chi connectivity index (χ1) is 17.3. The Hall–Kier alpha value is -2.51. The second-order valence-electron chi connectivity index (χ2n) is 10.5. The summed E-state index contributed by atoms with van der Waals surface area (Å²) in [5.74, 6) is 2.17. The van der Waals surface area contributed by atoms with Gasteiger partial charge in [0.25, 0.3) is 0 Å². The van der Waals surface area contributed by atoms with Crippen molar-refractivity contribution >= 4 is 17.7 Å². The summed E-state index contributed by atoms with van der Waals surface area (Å²) in [4.78, 5) is 17.3. The number of hydrogen-bond donors (Lipinski definition) is 3.